The van der Waals surface area contributed by atoms with E-state index >= 15 is 0 Å². The number of nitrogens with zero attached hydrogens (tertiary/aromatic N) is 1. The molecular formula is C20H25ClN2O4S. The van der Waals surface area contributed by atoms with Gasteiger partial charge >= 0.3 is 0 Å². The normalized spacial score (nSPS) is 11.7. The van der Waals surface area contributed by atoms with Crippen molar-refractivity contribution in [2.45, 2.75) is 31.6 Å². The summed E-state index contributed by atoms with van der Waals surface area (Å²) in [4.78, 5) is 12.4. The van der Waals surface area contributed by atoms with E-state index in [-0.39, 0.29) is 23.1 Å². The molecule has 2 aromatic rings. The lowest BCUT2D eigenvalue weighted by atomic mass is 10.0. The third-order valence-corrected chi connectivity index (χ3v) is 6.43. The van der Waals surface area contributed by atoms with Crippen LogP contribution in [0.5, 0.6) is 5.75 Å². The first-order valence-electron chi connectivity index (χ1n) is 8.76. The highest BCUT2D eigenvalue weighted by Gasteiger charge is 2.27. The number of hydrogen-bond donors (Lipinski definition) is 1. The number of carbonyl (C=O) groups excluding carboxylic acids is 1. The Hall–Kier alpha value is -2.09. The van der Waals surface area contributed by atoms with Gasteiger partial charge in [-0.1, -0.05) is 31.5 Å². The highest BCUT2D eigenvalue weighted by Crippen LogP contribution is 2.30. The SMILES string of the molecule is COc1ccc(C(C)C)cc1S(=O)(=O)N(C)CC(=O)Nc1ccc(Cl)cc1C. The predicted molar refractivity (Wildman–Crippen MR) is 112 cm³/mol. The molecule has 28 heavy (non-hydrogen) atoms. The van der Waals surface area contributed by atoms with Crippen LogP contribution >= 0.6 is 11.6 Å². The van der Waals surface area contributed by atoms with Crippen molar-refractivity contribution in [3.8, 4) is 5.75 Å². The summed E-state index contributed by atoms with van der Waals surface area (Å²) < 4.78 is 32.3. The van der Waals surface area contributed by atoms with Gasteiger partial charge in [0, 0.05) is 17.8 Å². The fraction of sp³-hybridized carbons (Fsp3) is 0.350. The summed E-state index contributed by atoms with van der Waals surface area (Å²) in [6.45, 7) is 5.43. The minimum atomic E-state index is -3.92. The van der Waals surface area contributed by atoms with Crippen molar-refractivity contribution in [1.82, 2.24) is 4.31 Å². The van der Waals surface area contributed by atoms with E-state index < -0.39 is 15.9 Å². The largest absolute Gasteiger partial charge is 0.495 e. The molecule has 0 aliphatic carbocycles. The van der Waals surface area contributed by atoms with E-state index in [1.54, 1.807) is 30.3 Å². The lowest BCUT2D eigenvalue weighted by molar-refractivity contribution is -0.116. The number of halogens is 1. The summed E-state index contributed by atoms with van der Waals surface area (Å²) >= 11 is 5.92. The second kappa shape index (κ2) is 8.94. The first-order valence-corrected chi connectivity index (χ1v) is 10.6. The average molecular weight is 425 g/mol. The molecule has 1 amide bonds. The molecule has 0 saturated carbocycles. The summed E-state index contributed by atoms with van der Waals surface area (Å²) in [6.07, 6.45) is 0. The van der Waals surface area contributed by atoms with E-state index in [0.717, 1.165) is 15.4 Å². The van der Waals surface area contributed by atoms with Crippen molar-refractivity contribution in [2.75, 3.05) is 26.0 Å². The molecule has 0 saturated heterocycles. The minimum absolute atomic E-state index is 0.0409. The number of amides is 1. The van der Waals surface area contributed by atoms with Gasteiger partial charge in [0.15, 0.2) is 0 Å². The van der Waals surface area contributed by atoms with Crippen LogP contribution in [0, 0.1) is 6.92 Å². The molecule has 0 unspecified atom stereocenters. The van der Waals surface area contributed by atoms with E-state index in [2.05, 4.69) is 5.32 Å². The quantitative estimate of drug-likeness (QED) is 0.727. The molecule has 0 aromatic heterocycles. The first kappa shape index (κ1) is 22.2. The zero-order valence-corrected chi connectivity index (χ0v) is 18.2. The second-order valence-corrected chi connectivity index (χ2v) is 9.28. The summed E-state index contributed by atoms with van der Waals surface area (Å²) in [5, 5.41) is 3.28. The average Bonchev–Trinajstić information content (AvgIpc) is 2.63. The Morgan fingerprint density at radius 2 is 1.89 bits per heavy atom. The van der Waals surface area contributed by atoms with Gasteiger partial charge in [-0.25, -0.2) is 8.42 Å². The Bertz CT molecular complexity index is 974. The first-order chi connectivity index (χ1) is 13.1. The molecule has 2 aromatic carbocycles. The number of anilines is 1. The fourth-order valence-electron chi connectivity index (χ4n) is 2.67. The molecule has 1 N–H and O–H groups in total. The van der Waals surface area contributed by atoms with Gasteiger partial charge in [0.1, 0.15) is 10.6 Å². The van der Waals surface area contributed by atoms with E-state index in [1.807, 2.05) is 26.8 Å². The number of hydrogen-bond acceptors (Lipinski definition) is 4. The molecule has 0 spiro atoms. The third kappa shape index (κ3) is 5.04. The maximum atomic E-state index is 13.0. The van der Waals surface area contributed by atoms with Crippen molar-refractivity contribution in [1.29, 1.82) is 0 Å². The minimum Gasteiger partial charge on any atom is -0.495 e. The number of benzene rings is 2. The molecular weight excluding hydrogens is 400 g/mol. The molecule has 0 bridgehead atoms. The molecule has 0 radical (unpaired) electrons. The van der Waals surface area contributed by atoms with Gasteiger partial charge in [-0.3, -0.25) is 4.79 Å². The Balaban J connectivity index is 2.24. The van der Waals surface area contributed by atoms with Gasteiger partial charge in [0.05, 0.1) is 13.7 Å². The zero-order valence-electron chi connectivity index (χ0n) is 16.6. The van der Waals surface area contributed by atoms with Crippen molar-refractivity contribution in [3.05, 3.63) is 52.5 Å². The Morgan fingerprint density at radius 3 is 2.46 bits per heavy atom. The van der Waals surface area contributed by atoms with Crippen LogP contribution in [0.25, 0.3) is 0 Å². The van der Waals surface area contributed by atoms with Crippen LogP contribution in [-0.2, 0) is 14.8 Å². The van der Waals surface area contributed by atoms with Crippen LogP contribution in [0.15, 0.2) is 41.3 Å². The van der Waals surface area contributed by atoms with E-state index in [4.69, 9.17) is 16.3 Å². The van der Waals surface area contributed by atoms with Gasteiger partial charge in [0.2, 0.25) is 15.9 Å². The van der Waals surface area contributed by atoms with Gasteiger partial charge < -0.3 is 10.1 Å². The molecule has 0 aliphatic heterocycles. The molecule has 0 fully saturated rings. The highest BCUT2D eigenvalue weighted by atomic mass is 35.5. The summed E-state index contributed by atoms with van der Waals surface area (Å²) in [7, 11) is -1.13. The van der Waals surface area contributed by atoms with Gasteiger partial charge in [-0.2, -0.15) is 4.31 Å². The third-order valence-electron chi connectivity index (χ3n) is 4.37. The fourth-order valence-corrected chi connectivity index (χ4v) is 4.21. The monoisotopic (exact) mass is 424 g/mol. The maximum Gasteiger partial charge on any atom is 0.246 e. The van der Waals surface area contributed by atoms with Gasteiger partial charge in [-0.05, 0) is 54.3 Å². The van der Waals surface area contributed by atoms with Crippen molar-refractivity contribution in [3.63, 3.8) is 0 Å². The van der Waals surface area contributed by atoms with Crippen LogP contribution in [-0.4, -0.2) is 39.3 Å². The van der Waals surface area contributed by atoms with E-state index in [9.17, 15) is 13.2 Å². The van der Waals surface area contributed by atoms with E-state index in [1.165, 1.54) is 14.2 Å². The Morgan fingerprint density at radius 1 is 1.21 bits per heavy atom. The number of nitrogens with one attached hydrogen (secondary N) is 1. The second-order valence-electron chi connectivity index (χ2n) is 6.83. The highest BCUT2D eigenvalue weighted by molar-refractivity contribution is 7.89. The van der Waals surface area contributed by atoms with Gasteiger partial charge in [0.25, 0.3) is 0 Å². The summed E-state index contributed by atoms with van der Waals surface area (Å²) in [6, 6.07) is 10.1. The lowest BCUT2D eigenvalue weighted by Crippen LogP contribution is -2.35. The Kier molecular flexibility index (Phi) is 7.09. The van der Waals surface area contributed by atoms with Crippen LogP contribution in [0.1, 0.15) is 30.9 Å². The number of carbonyl (C=O) groups is 1. The van der Waals surface area contributed by atoms with Crippen molar-refractivity contribution >= 4 is 33.2 Å². The topological polar surface area (TPSA) is 75.7 Å². The van der Waals surface area contributed by atoms with Crippen molar-refractivity contribution < 1.29 is 17.9 Å². The molecule has 0 atom stereocenters. The van der Waals surface area contributed by atoms with Crippen molar-refractivity contribution in [2.24, 2.45) is 0 Å². The lowest BCUT2D eigenvalue weighted by Gasteiger charge is -2.20. The van der Waals surface area contributed by atoms with E-state index in [0.29, 0.717) is 10.7 Å². The number of sulfonamides is 1. The number of rotatable bonds is 7. The number of ether oxygens (including phenoxy) is 1. The molecule has 6 nitrogen and oxygen atoms in total. The van der Waals surface area contributed by atoms with Gasteiger partial charge in [-0.15, -0.1) is 0 Å². The van der Waals surface area contributed by atoms with Crippen LogP contribution in [0.4, 0.5) is 5.69 Å². The number of likely N-dealkylation sites (N-methyl/N-ethyl adjacent to an activating group) is 1. The van der Waals surface area contributed by atoms with Crippen LogP contribution < -0.4 is 10.1 Å². The molecule has 8 heteroatoms. The number of methoxy groups -OCH3 is 1. The standard InChI is InChI=1S/C20H25ClN2O4S/c1-13(2)15-6-9-18(27-5)19(11-15)28(25,26)23(4)12-20(24)22-17-8-7-16(21)10-14(17)3/h6-11,13H,12H2,1-5H3,(H,22,24). The predicted octanol–water partition coefficient (Wildman–Crippen LogP) is 4.04. The number of aryl methyl sites for hydroxylation is 1. The molecule has 2 rings (SSSR count). The molecule has 0 heterocycles. The summed E-state index contributed by atoms with van der Waals surface area (Å²) in [5.74, 6) is -0.0537. The molecule has 0 aliphatic rings. The Labute approximate surface area is 171 Å². The molecule has 152 valence electrons. The summed E-state index contributed by atoms with van der Waals surface area (Å²) in [5.41, 5.74) is 2.24. The van der Waals surface area contributed by atoms with Crippen LogP contribution in [0.3, 0.4) is 0 Å². The van der Waals surface area contributed by atoms with Crippen LogP contribution in [0.2, 0.25) is 5.02 Å². The zero-order chi connectivity index (χ0) is 21.1. The maximum absolute atomic E-state index is 13.0. The smallest absolute Gasteiger partial charge is 0.246 e.